The molecule has 0 bridgehead atoms. The summed E-state index contributed by atoms with van der Waals surface area (Å²) in [5.74, 6) is -1.93. The molecule has 2 N–H and O–H groups in total. The Kier molecular flexibility index (Phi) is 8.15. The molecule has 1 fully saturated rings. The van der Waals surface area contributed by atoms with Crippen LogP contribution in [-0.4, -0.2) is 48.7 Å². The van der Waals surface area contributed by atoms with Crippen LogP contribution in [0, 0.1) is 17.7 Å². The van der Waals surface area contributed by atoms with Gasteiger partial charge in [0.1, 0.15) is 11.9 Å². The third-order valence-electron chi connectivity index (χ3n) is 5.64. The van der Waals surface area contributed by atoms with Gasteiger partial charge in [-0.25, -0.2) is 12.8 Å². The van der Waals surface area contributed by atoms with Gasteiger partial charge in [-0.2, -0.15) is 4.31 Å². The topological polar surface area (TPSA) is 108 Å². The van der Waals surface area contributed by atoms with Gasteiger partial charge in [-0.3, -0.25) is 14.6 Å². The molecule has 2 aromatic rings. The Morgan fingerprint density at radius 2 is 1.94 bits per heavy atom. The molecule has 33 heavy (non-hydrogen) atoms. The van der Waals surface area contributed by atoms with Crippen LogP contribution in [0.1, 0.15) is 32.3 Å². The standard InChI is InChI=1S/C23H29FN4O4S/c1-16(2)21(23(30)26-14-17-5-3-11-25-13-17)27-22(29)18-6-4-12-28(15-18)33(31,32)20-9-7-19(24)8-10-20/h3,5,7-11,13,16,18,21H,4,6,12,14-15H2,1-2H3,(H,26,30)(H,27,29)/t18-,21-/m0/s1. The van der Waals surface area contributed by atoms with E-state index in [2.05, 4.69) is 15.6 Å². The number of hydrogen-bond donors (Lipinski definition) is 2. The second kappa shape index (κ2) is 10.8. The van der Waals surface area contributed by atoms with Crippen molar-refractivity contribution in [1.29, 1.82) is 0 Å². The van der Waals surface area contributed by atoms with E-state index in [1.807, 2.05) is 19.9 Å². The predicted molar refractivity (Wildman–Crippen MR) is 121 cm³/mol. The van der Waals surface area contributed by atoms with Crippen molar-refractivity contribution in [2.24, 2.45) is 11.8 Å². The first-order chi connectivity index (χ1) is 15.7. The smallest absolute Gasteiger partial charge is 0.243 e. The second-order valence-corrected chi connectivity index (χ2v) is 10.4. The van der Waals surface area contributed by atoms with Crippen molar-refractivity contribution in [3.8, 4) is 0 Å². The Hall–Kier alpha value is -2.85. The van der Waals surface area contributed by atoms with Gasteiger partial charge in [0.15, 0.2) is 0 Å². The number of hydrogen-bond acceptors (Lipinski definition) is 5. The fourth-order valence-corrected chi connectivity index (χ4v) is 5.26. The van der Waals surface area contributed by atoms with Crippen molar-refractivity contribution in [2.75, 3.05) is 13.1 Å². The third-order valence-corrected chi connectivity index (χ3v) is 7.52. The Morgan fingerprint density at radius 1 is 1.21 bits per heavy atom. The van der Waals surface area contributed by atoms with Crippen molar-refractivity contribution >= 4 is 21.8 Å². The van der Waals surface area contributed by atoms with E-state index in [0.717, 1.165) is 17.7 Å². The summed E-state index contributed by atoms with van der Waals surface area (Å²) in [5.41, 5.74) is 0.841. The monoisotopic (exact) mass is 476 g/mol. The van der Waals surface area contributed by atoms with Gasteiger partial charge in [-0.15, -0.1) is 0 Å². The second-order valence-electron chi connectivity index (χ2n) is 8.47. The zero-order chi connectivity index (χ0) is 24.0. The summed E-state index contributed by atoms with van der Waals surface area (Å²) in [6, 6.07) is 7.49. The van der Waals surface area contributed by atoms with Gasteiger partial charge < -0.3 is 10.6 Å². The van der Waals surface area contributed by atoms with Crippen LogP contribution in [0.15, 0.2) is 53.7 Å². The summed E-state index contributed by atoms with van der Waals surface area (Å²) in [6.07, 6.45) is 4.33. The number of sulfonamides is 1. The number of pyridine rings is 1. The highest BCUT2D eigenvalue weighted by Gasteiger charge is 2.35. The molecule has 3 rings (SSSR count). The number of benzene rings is 1. The number of halogens is 1. The molecule has 1 aromatic heterocycles. The SMILES string of the molecule is CC(C)[C@H](NC(=O)[C@H]1CCCN(S(=O)(=O)c2ccc(F)cc2)C1)C(=O)NCc1cccnc1. The summed E-state index contributed by atoms with van der Waals surface area (Å²) >= 11 is 0. The van der Waals surface area contributed by atoms with E-state index >= 15 is 0 Å². The van der Waals surface area contributed by atoms with Crippen LogP contribution in [0.4, 0.5) is 4.39 Å². The maximum absolute atomic E-state index is 13.2. The summed E-state index contributed by atoms with van der Waals surface area (Å²) in [5, 5.41) is 5.62. The van der Waals surface area contributed by atoms with E-state index < -0.39 is 27.8 Å². The van der Waals surface area contributed by atoms with E-state index in [9.17, 15) is 22.4 Å². The maximum Gasteiger partial charge on any atom is 0.243 e. The number of piperidine rings is 1. The highest BCUT2D eigenvalue weighted by Crippen LogP contribution is 2.24. The van der Waals surface area contributed by atoms with Crippen LogP contribution >= 0.6 is 0 Å². The van der Waals surface area contributed by atoms with Gasteiger partial charge in [-0.05, 0) is 54.7 Å². The van der Waals surface area contributed by atoms with E-state index in [1.54, 1.807) is 18.5 Å². The zero-order valence-corrected chi connectivity index (χ0v) is 19.5. The van der Waals surface area contributed by atoms with Crippen molar-refractivity contribution in [3.63, 3.8) is 0 Å². The Balaban J connectivity index is 1.63. The molecule has 0 aliphatic carbocycles. The molecule has 0 unspecified atom stereocenters. The molecule has 10 heteroatoms. The first kappa shape index (κ1) is 24.8. The molecule has 1 aliphatic rings. The minimum atomic E-state index is -3.84. The van der Waals surface area contributed by atoms with E-state index in [4.69, 9.17) is 0 Å². The van der Waals surface area contributed by atoms with Crippen LogP contribution in [0.5, 0.6) is 0 Å². The lowest BCUT2D eigenvalue weighted by Gasteiger charge is -2.32. The third kappa shape index (κ3) is 6.35. The summed E-state index contributed by atoms with van der Waals surface area (Å²) in [7, 11) is -3.84. The number of carbonyl (C=O) groups is 2. The number of rotatable bonds is 8. The van der Waals surface area contributed by atoms with Crippen LogP contribution in [0.2, 0.25) is 0 Å². The quantitative estimate of drug-likeness (QED) is 0.607. The van der Waals surface area contributed by atoms with E-state index in [0.29, 0.717) is 19.4 Å². The van der Waals surface area contributed by atoms with Gasteiger partial charge in [0.2, 0.25) is 21.8 Å². The van der Waals surface area contributed by atoms with Crippen molar-refractivity contribution in [1.82, 2.24) is 19.9 Å². The first-order valence-corrected chi connectivity index (χ1v) is 12.3. The van der Waals surface area contributed by atoms with Crippen molar-refractivity contribution in [2.45, 2.75) is 44.2 Å². The number of nitrogens with zero attached hydrogens (tertiary/aromatic N) is 2. The van der Waals surface area contributed by atoms with Crippen LogP contribution in [0.25, 0.3) is 0 Å². The molecule has 2 amide bonds. The first-order valence-electron chi connectivity index (χ1n) is 10.9. The molecule has 8 nitrogen and oxygen atoms in total. The Morgan fingerprint density at radius 3 is 2.58 bits per heavy atom. The molecule has 2 atom stereocenters. The van der Waals surface area contributed by atoms with E-state index in [1.165, 1.54) is 16.4 Å². The lowest BCUT2D eigenvalue weighted by molar-refractivity contribution is -0.132. The molecule has 1 aliphatic heterocycles. The van der Waals surface area contributed by atoms with Gasteiger partial charge in [-0.1, -0.05) is 19.9 Å². The molecule has 0 saturated carbocycles. The minimum absolute atomic E-state index is 0.00760. The molecule has 178 valence electrons. The Bertz CT molecular complexity index is 1060. The summed E-state index contributed by atoms with van der Waals surface area (Å²) in [4.78, 5) is 29.7. The molecule has 1 aromatic carbocycles. The highest BCUT2D eigenvalue weighted by molar-refractivity contribution is 7.89. The fourth-order valence-electron chi connectivity index (χ4n) is 3.74. The molecule has 2 heterocycles. The van der Waals surface area contributed by atoms with Crippen LogP contribution < -0.4 is 10.6 Å². The van der Waals surface area contributed by atoms with Gasteiger partial charge in [0, 0.05) is 32.0 Å². The normalized spacial score (nSPS) is 18.0. The average Bonchev–Trinajstić information content (AvgIpc) is 2.81. The number of nitrogens with one attached hydrogen (secondary N) is 2. The molecular formula is C23H29FN4O4S. The van der Waals surface area contributed by atoms with Crippen molar-refractivity contribution < 1.29 is 22.4 Å². The zero-order valence-electron chi connectivity index (χ0n) is 18.7. The summed E-state index contributed by atoms with van der Waals surface area (Å²) < 4.78 is 40.3. The average molecular weight is 477 g/mol. The minimum Gasteiger partial charge on any atom is -0.350 e. The molecule has 0 spiro atoms. The molecule has 1 saturated heterocycles. The predicted octanol–water partition coefficient (Wildman–Crippen LogP) is 2.08. The largest absolute Gasteiger partial charge is 0.350 e. The molecular weight excluding hydrogens is 447 g/mol. The Labute approximate surface area is 193 Å². The fraction of sp³-hybridized carbons (Fsp3) is 0.435. The number of aromatic nitrogens is 1. The van der Waals surface area contributed by atoms with Crippen LogP contribution in [-0.2, 0) is 26.2 Å². The lowest BCUT2D eigenvalue weighted by atomic mass is 9.96. The number of amides is 2. The summed E-state index contributed by atoms with van der Waals surface area (Å²) in [6.45, 7) is 4.25. The van der Waals surface area contributed by atoms with E-state index in [-0.39, 0.29) is 35.7 Å². The lowest BCUT2D eigenvalue weighted by Crippen LogP contribution is -2.53. The highest BCUT2D eigenvalue weighted by atomic mass is 32.2. The molecule has 0 radical (unpaired) electrons. The van der Waals surface area contributed by atoms with Gasteiger partial charge in [0.05, 0.1) is 10.8 Å². The van der Waals surface area contributed by atoms with Crippen molar-refractivity contribution in [3.05, 3.63) is 60.2 Å². The van der Waals surface area contributed by atoms with Gasteiger partial charge in [0.25, 0.3) is 0 Å². The van der Waals surface area contributed by atoms with Gasteiger partial charge >= 0.3 is 0 Å². The maximum atomic E-state index is 13.2. The van der Waals surface area contributed by atoms with Crippen LogP contribution in [0.3, 0.4) is 0 Å². The number of carbonyl (C=O) groups excluding carboxylic acids is 2.